The molecule has 1 aromatic heterocycles. The molecule has 1 aromatic carbocycles. The molecule has 1 aliphatic heterocycles. The predicted molar refractivity (Wildman–Crippen MR) is 118 cm³/mol. The number of nitrogens with zero attached hydrogens (tertiary/aromatic N) is 2. The lowest BCUT2D eigenvalue weighted by Gasteiger charge is -2.18. The summed E-state index contributed by atoms with van der Waals surface area (Å²) in [6, 6.07) is 5.65. The summed E-state index contributed by atoms with van der Waals surface area (Å²) in [4.78, 5) is 12.7. The molecule has 1 aliphatic rings. The topological polar surface area (TPSA) is 133 Å². The van der Waals surface area contributed by atoms with E-state index in [-0.39, 0.29) is 22.9 Å². The first kappa shape index (κ1) is 24.3. The van der Waals surface area contributed by atoms with Gasteiger partial charge in [0, 0.05) is 18.9 Å². The molecule has 0 saturated heterocycles. The summed E-state index contributed by atoms with van der Waals surface area (Å²) in [7, 11) is -2.71. The highest BCUT2D eigenvalue weighted by atomic mass is 32.2. The molecule has 0 radical (unpaired) electrons. The minimum atomic E-state index is -4.19. The fraction of sp³-hybridized carbons (Fsp3) is 0.364. The highest BCUT2D eigenvalue weighted by Crippen LogP contribution is 2.33. The lowest BCUT2D eigenvalue weighted by atomic mass is 10.1. The number of aryl methyl sites for hydroxylation is 2. The molecule has 0 unspecified atom stereocenters. The number of fused-ring (bicyclic) bond motifs is 1. The van der Waals surface area contributed by atoms with E-state index >= 15 is 0 Å². The number of carbonyl (C=O) groups is 1. The van der Waals surface area contributed by atoms with Crippen LogP contribution in [0.2, 0.25) is 0 Å². The molecular weight excluding hydrogens is 451 g/mol. The average molecular weight is 475 g/mol. The number of halogens is 1. The lowest BCUT2D eigenvalue weighted by molar-refractivity contribution is 0.101. The van der Waals surface area contributed by atoms with Crippen LogP contribution in [-0.4, -0.2) is 48.4 Å². The van der Waals surface area contributed by atoms with Gasteiger partial charge in [0.2, 0.25) is 10.0 Å². The zero-order valence-corrected chi connectivity index (χ0v) is 19.2. The summed E-state index contributed by atoms with van der Waals surface area (Å²) >= 11 is 0. The summed E-state index contributed by atoms with van der Waals surface area (Å²) in [5.41, 5.74) is -0.462. The third-order valence-corrected chi connectivity index (χ3v) is 6.32. The predicted octanol–water partition coefficient (Wildman–Crippen LogP) is 1.61. The SMILES string of the molecule is Cc1ccc(NC(=O)c2c3c(cn2C)S(=O)(=O)N[C@H]([C@H](O)C#CC(C)(C)F)CO3)cc1C#N. The van der Waals surface area contributed by atoms with Gasteiger partial charge < -0.3 is 19.7 Å². The molecule has 3 N–H and O–H groups in total. The van der Waals surface area contributed by atoms with E-state index in [1.807, 2.05) is 6.07 Å². The number of nitrogens with one attached hydrogen (secondary N) is 2. The van der Waals surface area contributed by atoms with Gasteiger partial charge in [-0.05, 0) is 38.5 Å². The number of aliphatic hydroxyl groups is 1. The highest BCUT2D eigenvalue weighted by Gasteiger charge is 2.36. The smallest absolute Gasteiger partial charge is 0.276 e. The molecule has 9 nitrogen and oxygen atoms in total. The van der Waals surface area contributed by atoms with Gasteiger partial charge in [-0.15, -0.1) is 0 Å². The van der Waals surface area contributed by atoms with Crippen LogP contribution in [0.25, 0.3) is 0 Å². The first-order chi connectivity index (χ1) is 15.3. The number of hydrogen-bond acceptors (Lipinski definition) is 6. The van der Waals surface area contributed by atoms with Crippen molar-refractivity contribution < 1.29 is 27.4 Å². The van der Waals surface area contributed by atoms with E-state index in [2.05, 4.69) is 21.9 Å². The van der Waals surface area contributed by atoms with Crippen LogP contribution in [0.3, 0.4) is 0 Å². The van der Waals surface area contributed by atoms with Crippen molar-refractivity contribution in [3.8, 4) is 23.7 Å². The van der Waals surface area contributed by atoms with Crippen molar-refractivity contribution in [3.63, 3.8) is 0 Å². The number of amides is 1. The first-order valence-corrected chi connectivity index (χ1v) is 11.4. The van der Waals surface area contributed by atoms with Gasteiger partial charge in [0.25, 0.3) is 5.91 Å². The van der Waals surface area contributed by atoms with Crippen molar-refractivity contribution in [1.82, 2.24) is 9.29 Å². The molecule has 2 atom stereocenters. The highest BCUT2D eigenvalue weighted by molar-refractivity contribution is 7.89. The van der Waals surface area contributed by atoms with Gasteiger partial charge in [0.15, 0.2) is 17.1 Å². The first-order valence-electron chi connectivity index (χ1n) is 9.88. The normalized spacial score (nSPS) is 17.9. The van der Waals surface area contributed by atoms with E-state index in [1.54, 1.807) is 19.1 Å². The Morgan fingerprint density at radius 2 is 2.15 bits per heavy atom. The molecule has 33 heavy (non-hydrogen) atoms. The monoisotopic (exact) mass is 474 g/mol. The van der Waals surface area contributed by atoms with Gasteiger partial charge in [0.05, 0.1) is 17.7 Å². The van der Waals surface area contributed by atoms with E-state index in [9.17, 15) is 28.0 Å². The van der Waals surface area contributed by atoms with Crippen LogP contribution in [0, 0.1) is 30.1 Å². The molecule has 0 spiro atoms. The maximum Gasteiger partial charge on any atom is 0.276 e. The Labute approximate surface area is 191 Å². The zero-order valence-electron chi connectivity index (χ0n) is 18.4. The van der Waals surface area contributed by atoms with Crippen molar-refractivity contribution in [3.05, 3.63) is 41.2 Å². The Morgan fingerprint density at radius 3 is 2.79 bits per heavy atom. The number of carbonyl (C=O) groups excluding carboxylic acids is 1. The lowest BCUT2D eigenvalue weighted by Crippen LogP contribution is -2.45. The van der Waals surface area contributed by atoms with Crippen molar-refractivity contribution in [2.45, 2.75) is 43.5 Å². The summed E-state index contributed by atoms with van der Waals surface area (Å²) in [6.07, 6.45) is -0.324. The summed E-state index contributed by atoms with van der Waals surface area (Å²) in [6.45, 7) is 3.82. The number of ether oxygens (including phenoxy) is 1. The van der Waals surface area contributed by atoms with E-state index < -0.39 is 33.7 Å². The standard InChI is InChI=1S/C22H23FN4O5S/c1-13-5-6-15(9-14(13)10-24)25-21(29)19-20-18(11-27(19)4)33(30,31)26-16(12-32-20)17(28)7-8-22(2,3)23/h5-6,9,11,16-17,26,28H,12H2,1-4H3,(H,25,29)/t16-,17+/m0/s1. The van der Waals surface area contributed by atoms with Crippen LogP contribution < -0.4 is 14.8 Å². The second kappa shape index (κ2) is 8.87. The largest absolute Gasteiger partial charge is 0.488 e. The van der Waals surface area contributed by atoms with E-state index in [0.717, 1.165) is 5.56 Å². The number of aliphatic hydroxyl groups excluding tert-OH is 1. The number of hydrogen-bond donors (Lipinski definition) is 3. The quantitative estimate of drug-likeness (QED) is 0.579. The van der Waals surface area contributed by atoms with Gasteiger partial charge >= 0.3 is 0 Å². The molecule has 0 aliphatic carbocycles. The van der Waals surface area contributed by atoms with Crippen LogP contribution in [0.4, 0.5) is 10.1 Å². The number of benzene rings is 1. The third-order valence-electron chi connectivity index (χ3n) is 4.84. The molecule has 3 rings (SSSR count). The maximum atomic E-state index is 13.6. The van der Waals surface area contributed by atoms with Crippen molar-refractivity contribution in [2.24, 2.45) is 7.05 Å². The van der Waals surface area contributed by atoms with Crippen LogP contribution in [0.15, 0.2) is 29.3 Å². The van der Waals surface area contributed by atoms with Gasteiger partial charge in [-0.25, -0.2) is 17.5 Å². The number of alkyl halides is 1. The van der Waals surface area contributed by atoms with Gasteiger partial charge in [0.1, 0.15) is 17.6 Å². The Morgan fingerprint density at radius 1 is 1.45 bits per heavy atom. The number of anilines is 1. The van der Waals surface area contributed by atoms with E-state index in [4.69, 9.17) is 4.74 Å². The Hall–Kier alpha value is -3.38. The van der Waals surface area contributed by atoms with Crippen molar-refractivity contribution >= 4 is 21.6 Å². The van der Waals surface area contributed by atoms with Gasteiger partial charge in [-0.1, -0.05) is 17.9 Å². The molecule has 174 valence electrons. The molecule has 11 heteroatoms. The zero-order chi connectivity index (χ0) is 24.6. The molecule has 2 aromatic rings. The van der Waals surface area contributed by atoms with Gasteiger partial charge in [-0.2, -0.15) is 5.26 Å². The van der Waals surface area contributed by atoms with Crippen LogP contribution in [-0.2, 0) is 17.1 Å². The molecular formula is C22H23FN4O5S. The second-order valence-electron chi connectivity index (χ2n) is 8.10. The van der Waals surface area contributed by atoms with Crippen LogP contribution in [0.1, 0.15) is 35.5 Å². The van der Waals surface area contributed by atoms with Crippen LogP contribution >= 0.6 is 0 Å². The fourth-order valence-electron chi connectivity index (χ4n) is 3.15. The number of nitriles is 1. The van der Waals surface area contributed by atoms with E-state index in [0.29, 0.717) is 11.3 Å². The maximum absolute atomic E-state index is 13.6. The van der Waals surface area contributed by atoms with Crippen molar-refractivity contribution in [1.29, 1.82) is 5.26 Å². The molecule has 2 heterocycles. The Kier molecular flexibility index (Phi) is 6.52. The minimum Gasteiger partial charge on any atom is -0.488 e. The van der Waals surface area contributed by atoms with Crippen molar-refractivity contribution in [2.75, 3.05) is 11.9 Å². The molecule has 0 saturated carbocycles. The Bertz CT molecular complexity index is 1310. The minimum absolute atomic E-state index is 0.0689. The molecule has 0 fully saturated rings. The molecule has 0 bridgehead atoms. The Balaban J connectivity index is 1.92. The summed E-state index contributed by atoms with van der Waals surface area (Å²) in [5.74, 6) is 3.65. The third kappa shape index (κ3) is 5.34. The molecule has 1 amide bonds. The number of aromatic nitrogens is 1. The van der Waals surface area contributed by atoms with E-state index in [1.165, 1.54) is 37.7 Å². The van der Waals surface area contributed by atoms with Gasteiger partial charge in [-0.3, -0.25) is 4.79 Å². The number of rotatable bonds is 3. The summed E-state index contributed by atoms with van der Waals surface area (Å²) < 4.78 is 48.6. The second-order valence-corrected chi connectivity index (χ2v) is 9.79. The average Bonchev–Trinajstić information content (AvgIpc) is 3.00. The van der Waals surface area contributed by atoms with Crippen LogP contribution in [0.5, 0.6) is 5.75 Å². The fourth-order valence-corrected chi connectivity index (χ4v) is 4.57. The summed E-state index contributed by atoms with van der Waals surface area (Å²) in [5, 5.41) is 22.1. The number of sulfonamides is 1.